The van der Waals surface area contributed by atoms with Gasteiger partial charge in [0.15, 0.2) is 0 Å². The van der Waals surface area contributed by atoms with E-state index in [9.17, 15) is 9.90 Å². The molecule has 0 saturated heterocycles. The molecule has 1 N–H and O–H groups in total. The predicted molar refractivity (Wildman–Crippen MR) is 68.4 cm³/mol. The van der Waals surface area contributed by atoms with Gasteiger partial charge in [0.2, 0.25) is 0 Å². The highest BCUT2D eigenvalue weighted by molar-refractivity contribution is 5.85. The lowest BCUT2D eigenvalue weighted by atomic mass is 10.2. The number of carbonyl (C=O) groups excluding carboxylic acids is 1. The number of aromatic hydroxyl groups is 1. The summed E-state index contributed by atoms with van der Waals surface area (Å²) in [4.78, 5) is 11.3. The molecule has 0 bridgehead atoms. The van der Waals surface area contributed by atoms with Crippen molar-refractivity contribution in [2.24, 2.45) is 0 Å². The van der Waals surface area contributed by atoms with E-state index in [0.717, 1.165) is 16.6 Å². The highest BCUT2D eigenvalue weighted by Gasteiger charge is 2.13. The molecule has 1 aromatic heterocycles. The number of phenolic OH excluding ortho intramolecular Hbond substituents is 1. The molecule has 1 heterocycles. The van der Waals surface area contributed by atoms with Crippen molar-refractivity contribution < 1.29 is 9.90 Å². The molecule has 0 aliphatic rings. The Hall–Kier alpha value is -1.77. The van der Waals surface area contributed by atoms with Gasteiger partial charge in [-0.05, 0) is 39.0 Å². The minimum Gasteiger partial charge on any atom is -0.508 e. The van der Waals surface area contributed by atoms with Gasteiger partial charge in [-0.2, -0.15) is 0 Å². The Bertz CT molecular complexity index is 567. The molecule has 0 aliphatic carbocycles. The standard InChI is InChI=1S/C14H17NO2/c1-9(2)15-12(6-10(3)16)7-11-4-5-13(17)8-14(11)15/h4-5,7-9,17H,6H2,1-3H3. The molecule has 0 radical (unpaired) electrons. The van der Waals surface area contributed by atoms with E-state index < -0.39 is 0 Å². The molecule has 0 aliphatic heterocycles. The molecule has 0 amide bonds. The van der Waals surface area contributed by atoms with E-state index in [-0.39, 0.29) is 17.6 Å². The van der Waals surface area contributed by atoms with Crippen LogP contribution in [0.2, 0.25) is 0 Å². The van der Waals surface area contributed by atoms with E-state index in [4.69, 9.17) is 0 Å². The summed E-state index contributed by atoms with van der Waals surface area (Å²) in [7, 11) is 0. The number of hydrogen-bond acceptors (Lipinski definition) is 2. The van der Waals surface area contributed by atoms with Gasteiger partial charge in [-0.15, -0.1) is 0 Å². The number of ketones is 1. The van der Waals surface area contributed by atoms with E-state index in [1.165, 1.54) is 0 Å². The molecule has 3 heteroatoms. The number of hydrogen-bond donors (Lipinski definition) is 1. The van der Waals surface area contributed by atoms with Crippen LogP contribution in [0, 0.1) is 0 Å². The molecule has 0 fully saturated rings. The third-order valence-electron chi connectivity index (χ3n) is 2.85. The van der Waals surface area contributed by atoms with E-state index >= 15 is 0 Å². The predicted octanol–water partition coefficient (Wildman–Crippen LogP) is 3.06. The maximum absolute atomic E-state index is 11.3. The van der Waals surface area contributed by atoms with Gasteiger partial charge in [-0.3, -0.25) is 4.79 Å². The van der Waals surface area contributed by atoms with Crippen LogP contribution in [0.4, 0.5) is 0 Å². The van der Waals surface area contributed by atoms with Crippen LogP contribution in [-0.2, 0) is 11.2 Å². The molecular formula is C14H17NO2. The van der Waals surface area contributed by atoms with Crippen LogP contribution in [0.25, 0.3) is 10.9 Å². The normalized spacial score (nSPS) is 11.3. The van der Waals surface area contributed by atoms with Crippen LogP contribution in [0.1, 0.15) is 32.5 Å². The summed E-state index contributed by atoms with van der Waals surface area (Å²) in [5.74, 6) is 0.408. The zero-order valence-electron chi connectivity index (χ0n) is 10.4. The van der Waals surface area contributed by atoms with Gasteiger partial charge in [-0.25, -0.2) is 0 Å². The summed E-state index contributed by atoms with van der Waals surface area (Å²) in [6, 6.07) is 7.59. The largest absolute Gasteiger partial charge is 0.508 e. The summed E-state index contributed by atoms with van der Waals surface area (Å²) in [5, 5.41) is 10.6. The van der Waals surface area contributed by atoms with Crippen LogP contribution >= 0.6 is 0 Å². The summed E-state index contributed by atoms with van der Waals surface area (Å²) in [5.41, 5.74) is 1.99. The maximum atomic E-state index is 11.3. The number of aromatic nitrogens is 1. The van der Waals surface area contributed by atoms with Crippen LogP contribution in [0.3, 0.4) is 0 Å². The number of carbonyl (C=O) groups is 1. The molecule has 90 valence electrons. The summed E-state index contributed by atoms with van der Waals surface area (Å²) < 4.78 is 2.11. The molecule has 17 heavy (non-hydrogen) atoms. The van der Waals surface area contributed by atoms with Gasteiger partial charge in [0.25, 0.3) is 0 Å². The van der Waals surface area contributed by atoms with Gasteiger partial charge in [0.1, 0.15) is 11.5 Å². The highest BCUT2D eigenvalue weighted by Crippen LogP contribution is 2.27. The van der Waals surface area contributed by atoms with E-state index in [2.05, 4.69) is 18.4 Å². The lowest BCUT2D eigenvalue weighted by Gasteiger charge is -2.14. The average molecular weight is 231 g/mol. The van der Waals surface area contributed by atoms with Crippen LogP contribution in [0.5, 0.6) is 5.75 Å². The number of benzene rings is 1. The molecule has 2 aromatic rings. The van der Waals surface area contributed by atoms with Crippen molar-refractivity contribution in [2.75, 3.05) is 0 Å². The fraction of sp³-hybridized carbons (Fsp3) is 0.357. The fourth-order valence-corrected chi connectivity index (χ4v) is 2.27. The Morgan fingerprint density at radius 3 is 2.65 bits per heavy atom. The van der Waals surface area contributed by atoms with Gasteiger partial charge >= 0.3 is 0 Å². The van der Waals surface area contributed by atoms with E-state index in [0.29, 0.717) is 6.42 Å². The molecule has 0 saturated carbocycles. The van der Waals surface area contributed by atoms with Gasteiger partial charge in [-0.1, -0.05) is 0 Å². The van der Waals surface area contributed by atoms with Crippen molar-refractivity contribution in [3.8, 4) is 5.75 Å². The lowest BCUT2D eigenvalue weighted by Crippen LogP contribution is -2.08. The van der Waals surface area contributed by atoms with E-state index in [1.54, 1.807) is 19.1 Å². The Kier molecular flexibility index (Phi) is 2.92. The van der Waals surface area contributed by atoms with Crippen LogP contribution in [0.15, 0.2) is 24.3 Å². The zero-order valence-corrected chi connectivity index (χ0v) is 10.4. The van der Waals surface area contributed by atoms with Gasteiger partial charge < -0.3 is 9.67 Å². The second-order valence-electron chi connectivity index (χ2n) is 4.72. The van der Waals surface area contributed by atoms with Crippen LogP contribution < -0.4 is 0 Å². The Labute approximate surface area is 101 Å². The van der Waals surface area contributed by atoms with Crippen molar-refractivity contribution in [2.45, 2.75) is 33.2 Å². The first kappa shape index (κ1) is 11.7. The fourth-order valence-electron chi connectivity index (χ4n) is 2.27. The molecular weight excluding hydrogens is 214 g/mol. The molecule has 1 aromatic carbocycles. The minimum atomic E-state index is 0.152. The molecule has 2 rings (SSSR count). The summed E-state index contributed by atoms with van der Waals surface area (Å²) in [6.45, 7) is 5.75. The number of fused-ring (bicyclic) bond motifs is 1. The quantitative estimate of drug-likeness (QED) is 0.882. The molecule has 0 spiro atoms. The van der Waals surface area contributed by atoms with Crippen molar-refractivity contribution in [1.82, 2.24) is 4.57 Å². The van der Waals surface area contributed by atoms with Gasteiger partial charge in [0.05, 0.1) is 5.52 Å². The Balaban J connectivity index is 2.66. The maximum Gasteiger partial charge on any atom is 0.135 e. The molecule has 0 atom stereocenters. The smallest absolute Gasteiger partial charge is 0.135 e. The lowest BCUT2D eigenvalue weighted by molar-refractivity contribution is -0.116. The zero-order chi connectivity index (χ0) is 12.6. The third-order valence-corrected chi connectivity index (χ3v) is 2.85. The number of nitrogens with zero attached hydrogens (tertiary/aromatic N) is 1. The van der Waals surface area contributed by atoms with Gasteiger partial charge in [0, 0.05) is 29.6 Å². The molecule has 3 nitrogen and oxygen atoms in total. The van der Waals surface area contributed by atoms with Crippen molar-refractivity contribution in [1.29, 1.82) is 0 Å². The Morgan fingerprint density at radius 1 is 1.35 bits per heavy atom. The number of phenols is 1. The van der Waals surface area contributed by atoms with Crippen molar-refractivity contribution in [3.05, 3.63) is 30.0 Å². The van der Waals surface area contributed by atoms with Crippen molar-refractivity contribution in [3.63, 3.8) is 0 Å². The summed E-state index contributed by atoms with van der Waals surface area (Å²) in [6.07, 6.45) is 0.438. The second kappa shape index (κ2) is 4.24. The first-order valence-electron chi connectivity index (χ1n) is 5.81. The van der Waals surface area contributed by atoms with E-state index in [1.807, 2.05) is 12.1 Å². The van der Waals surface area contributed by atoms with Crippen LogP contribution in [-0.4, -0.2) is 15.5 Å². The number of rotatable bonds is 3. The first-order chi connectivity index (χ1) is 7.99. The third kappa shape index (κ3) is 2.18. The first-order valence-corrected chi connectivity index (χ1v) is 5.81. The van der Waals surface area contributed by atoms with Crippen molar-refractivity contribution >= 4 is 16.7 Å². The monoisotopic (exact) mass is 231 g/mol. The topological polar surface area (TPSA) is 42.2 Å². The SMILES string of the molecule is CC(=O)Cc1cc2ccc(O)cc2n1C(C)C. The highest BCUT2D eigenvalue weighted by atomic mass is 16.3. The second-order valence-corrected chi connectivity index (χ2v) is 4.72. The number of Topliss-reactive ketones (excluding diaryl/α,β-unsaturated/α-hetero) is 1. The minimum absolute atomic E-state index is 0.152. The Morgan fingerprint density at radius 2 is 2.06 bits per heavy atom. The summed E-state index contributed by atoms with van der Waals surface area (Å²) >= 11 is 0. The molecule has 0 unspecified atom stereocenters. The average Bonchev–Trinajstić information content (AvgIpc) is 2.53.